The van der Waals surface area contributed by atoms with Crippen LogP contribution in [0.5, 0.6) is 11.5 Å². The van der Waals surface area contributed by atoms with E-state index in [9.17, 15) is 4.79 Å². The number of nitrogens with one attached hydrogen (secondary N) is 2. The molecule has 2 N–H and O–H groups in total. The first-order chi connectivity index (χ1) is 15.6. The van der Waals surface area contributed by atoms with Gasteiger partial charge in [-0.3, -0.25) is 4.79 Å². The van der Waals surface area contributed by atoms with Crippen LogP contribution in [0.4, 0.5) is 11.4 Å². The number of rotatable bonds is 12. The number of ether oxygens (including phenoxy) is 2. The van der Waals surface area contributed by atoms with Crippen molar-refractivity contribution in [2.24, 2.45) is 5.92 Å². The predicted octanol–water partition coefficient (Wildman–Crippen LogP) is 5.78. The molecule has 3 aromatic rings. The molecule has 32 heavy (non-hydrogen) atoms. The molecule has 5 nitrogen and oxygen atoms in total. The summed E-state index contributed by atoms with van der Waals surface area (Å²) in [5.41, 5.74) is 2.83. The summed E-state index contributed by atoms with van der Waals surface area (Å²) < 4.78 is 11.6. The second-order valence-corrected chi connectivity index (χ2v) is 8.07. The van der Waals surface area contributed by atoms with Crippen LogP contribution in [-0.4, -0.2) is 25.7 Å². The van der Waals surface area contributed by atoms with Gasteiger partial charge in [-0.05, 0) is 54.3 Å². The zero-order valence-corrected chi connectivity index (χ0v) is 18.8. The molecule has 0 aliphatic heterocycles. The monoisotopic (exact) mass is 432 g/mol. The van der Waals surface area contributed by atoms with Gasteiger partial charge in [0.2, 0.25) is 5.91 Å². The van der Waals surface area contributed by atoms with Gasteiger partial charge in [-0.15, -0.1) is 0 Å². The van der Waals surface area contributed by atoms with Crippen LogP contribution in [0.2, 0.25) is 0 Å². The van der Waals surface area contributed by atoms with Crippen molar-refractivity contribution in [3.63, 3.8) is 0 Å². The molecule has 0 radical (unpaired) electrons. The lowest BCUT2D eigenvalue weighted by Gasteiger charge is -2.11. The number of amides is 1. The fourth-order valence-corrected chi connectivity index (χ4v) is 3.06. The topological polar surface area (TPSA) is 59.6 Å². The Morgan fingerprint density at radius 1 is 0.812 bits per heavy atom. The number of carbonyl (C=O) groups excluding carboxylic acids is 1. The lowest BCUT2D eigenvalue weighted by molar-refractivity contribution is -0.114. The van der Waals surface area contributed by atoms with Crippen molar-refractivity contribution >= 4 is 17.3 Å². The average Bonchev–Trinajstić information content (AvgIpc) is 2.80. The van der Waals surface area contributed by atoms with E-state index in [2.05, 4.69) is 36.6 Å². The van der Waals surface area contributed by atoms with Crippen molar-refractivity contribution < 1.29 is 14.3 Å². The smallest absolute Gasteiger partial charge is 0.243 e. The van der Waals surface area contributed by atoms with Crippen molar-refractivity contribution in [2.45, 2.75) is 26.7 Å². The summed E-state index contributed by atoms with van der Waals surface area (Å²) in [6.07, 6.45) is 1.87. The second-order valence-electron chi connectivity index (χ2n) is 8.07. The summed E-state index contributed by atoms with van der Waals surface area (Å²) in [7, 11) is 0. The molecule has 0 heterocycles. The van der Waals surface area contributed by atoms with E-state index < -0.39 is 0 Å². The van der Waals surface area contributed by atoms with Gasteiger partial charge in [-0.1, -0.05) is 50.2 Å². The van der Waals surface area contributed by atoms with Gasteiger partial charge in [-0.2, -0.15) is 0 Å². The van der Waals surface area contributed by atoms with Crippen LogP contribution in [0.15, 0.2) is 78.9 Å². The van der Waals surface area contributed by atoms with E-state index in [0.717, 1.165) is 35.7 Å². The van der Waals surface area contributed by atoms with Crippen LogP contribution in [0.25, 0.3) is 0 Å². The molecular formula is C27H32N2O3. The Morgan fingerprint density at radius 3 is 2.31 bits per heavy atom. The van der Waals surface area contributed by atoms with E-state index in [1.54, 1.807) is 0 Å². The quantitative estimate of drug-likeness (QED) is 0.381. The summed E-state index contributed by atoms with van der Waals surface area (Å²) in [6, 6.07) is 25.3. The maximum atomic E-state index is 12.3. The second kappa shape index (κ2) is 12.4. The largest absolute Gasteiger partial charge is 0.494 e. The third-order valence-corrected chi connectivity index (χ3v) is 4.89. The highest BCUT2D eigenvalue weighted by atomic mass is 16.5. The van der Waals surface area contributed by atoms with Crippen LogP contribution >= 0.6 is 0 Å². The number of anilines is 2. The first-order valence-corrected chi connectivity index (χ1v) is 11.1. The fraction of sp³-hybridized carbons (Fsp3) is 0.296. The van der Waals surface area contributed by atoms with Crippen LogP contribution in [0, 0.1) is 5.92 Å². The van der Waals surface area contributed by atoms with Crippen molar-refractivity contribution in [2.75, 3.05) is 30.4 Å². The van der Waals surface area contributed by atoms with Gasteiger partial charge in [0.25, 0.3) is 0 Å². The molecule has 3 aromatic carbocycles. The third kappa shape index (κ3) is 8.34. The van der Waals surface area contributed by atoms with E-state index in [0.29, 0.717) is 19.1 Å². The lowest BCUT2D eigenvalue weighted by Crippen LogP contribution is -2.21. The van der Waals surface area contributed by atoms with Crippen molar-refractivity contribution in [3.8, 4) is 11.5 Å². The van der Waals surface area contributed by atoms with Crippen LogP contribution in [0.3, 0.4) is 0 Å². The summed E-state index contributed by atoms with van der Waals surface area (Å²) >= 11 is 0. The van der Waals surface area contributed by atoms with E-state index >= 15 is 0 Å². The molecule has 0 aliphatic carbocycles. The van der Waals surface area contributed by atoms with Gasteiger partial charge in [0.15, 0.2) is 0 Å². The van der Waals surface area contributed by atoms with Crippen LogP contribution in [0.1, 0.15) is 25.8 Å². The van der Waals surface area contributed by atoms with E-state index in [-0.39, 0.29) is 12.5 Å². The van der Waals surface area contributed by atoms with Crippen LogP contribution < -0.4 is 20.1 Å². The highest BCUT2D eigenvalue weighted by molar-refractivity contribution is 5.93. The molecule has 0 atom stereocenters. The molecule has 168 valence electrons. The summed E-state index contributed by atoms with van der Waals surface area (Å²) in [5, 5.41) is 6.04. The van der Waals surface area contributed by atoms with Crippen molar-refractivity contribution in [1.82, 2.24) is 0 Å². The first-order valence-electron chi connectivity index (χ1n) is 11.1. The minimum atomic E-state index is -0.117. The molecule has 0 spiro atoms. The fourth-order valence-electron chi connectivity index (χ4n) is 3.06. The van der Waals surface area contributed by atoms with E-state index in [1.807, 2.05) is 66.7 Å². The van der Waals surface area contributed by atoms with Crippen molar-refractivity contribution in [3.05, 3.63) is 84.4 Å². The molecule has 0 fully saturated rings. The molecule has 1 amide bonds. The van der Waals surface area contributed by atoms with E-state index in [1.165, 1.54) is 5.56 Å². The van der Waals surface area contributed by atoms with Gasteiger partial charge < -0.3 is 20.1 Å². The Hall–Kier alpha value is -3.47. The Balaban J connectivity index is 1.39. The number of hydrogen-bond donors (Lipinski definition) is 2. The van der Waals surface area contributed by atoms with Gasteiger partial charge >= 0.3 is 0 Å². The minimum absolute atomic E-state index is 0.117. The summed E-state index contributed by atoms with van der Waals surface area (Å²) in [6.45, 7) is 5.82. The molecule has 5 heteroatoms. The highest BCUT2D eigenvalue weighted by Crippen LogP contribution is 2.19. The summed E-state index contributed by atoms with van der Waals surface area (Å²) in [5.74, 6) is 2.08. The van der Waals surface area contributed by atoms with E-state index in [4.69, 9.17) is 9.47 Å². The molecule has 0 aliphatic rings. The molecule has 0 bridgehead atoms. The van der Waals surface area contributed by atoms with Crippen molar-refractivity contribution in [1.29, 1.82) is 0 Å². The van der Waals surface area contributed by atoms with Crippen LogP contribution in [-0.2, 0) is 11.2 Å². The maximum absolute atomic E-state index is 12.3. The third-order valence-electron chi connectivity index (χ3n) is 4.89. The maximum Gasteiger partial charge on any atom is 0.243 e. The molecular weight excluding hydrogens is 400 g/mol. The summed E-state index contributed by atoms with van der Waals surface area (Å²) in [4.78, 5) is 12.3. The lowest BCUT2D eigenvalue weighted by atomic mass is 10.1. The van der Waals surface area contributed by atoms with Gasteiger partial charge in [0.05, 0.1) is 19.8 Å². The SMILES string of the molecule is CC(C)CCOc1cccc(NCC(=O)Nc2ccc(OCCc3ccccc3)cc2)c1. The molecule has 0 unspecified atom stereocenters. The Bertz CT molecular complexity index is 956. The predicted molar refractivity (Wildman–Crippen MR) is 131 cm³/mol. The van der Waals surface area contributed by atoms with Gasteiger partial charge in [0.1, 0.15) is 11.5 Å². The normalized spacial score (nSPS) is 10.6. The highest BCUT2D eigenvalue weighted by Gasteiger charge is 2.04. The number of benzene rings is 3. The van der Waals surface area contributed by atoms with Gasteiger partial charge in [-0.25, -0.2) is 0 Å². The molecule has 0 saturated carbocycles. The average molecular weight is 433 g/mol. The zero-order valence-electron chi connectivity index (χ0n) is 18.8. The molecule has 0 aromatic heterocycles. The number of carbonyl (C=O) groups is 1. The Kier molecular flexibility index (Phi) is 8.99. The Labute approximate surface area is 190 Å². The first kappa shape index (κ1) is 23.2. The molecule has 3 rings (SSSR count). The Morgan fingerprint density at radius 2 is 1.56 bits per heavy atom. The van der Waals surface area contributed by atoms with Gasteiger partial charge in [0, 0.05) is 23.9 Å². The molecule has 0 saturated heterocycles. The minimum Gasteiger partial charge on any atom is -0.494 e. The zero-order chi connectivity index (χ0) is 22.6. The standard InChI is InChI=1S/C27H32N2O3/c1-21(2)15-17-32-26-10-6-9-24(19-26)28-20-27(30)29-23-11-13-25(14-12-23)31-18-16-22-7-4-3-5-8-22/h3-14,19,21,28H,15-18,20H2,1-2H3,(H,29,30). The number of hydrogen-bond acceptors (Lipinski definition) is 4.